The van der Waals surface area contributed by atoms with E-state index in [1.54, 1.807) is 0 Å². The molecule has 96 valence electrons. The first-order valence-electron chi connectivity index (χ1n) is 6.71. The fourth-order valence-electron chi connectivity index (χ4n) is 2.47. The van der Waals surface area contributed by atoms with Gasteiger partial charge in [-0.05, 0) is 45.3 Å². The number of aryl methyl sites for hydroxylation is 1. The summed E-state index contributed by atoms with van der Waals surface area (Å²) in [6, 6.07) is 0. The molecule has 0 aromatic carbocycles. The maximum Gasteiger partial charge on any atom is 0.169 e. The van der Waals surface area contributed by atoms with E-state index in [0.29, 0.717) is 5.82 Å². The highest BCUT2D eigenvalue weighted by Crippen LogP contribution is 2.12. The van der Waals surface area contributed by atoms with Gasteiger partial charge < -0.3 is 10.6 Å². The highest BCUT2D eigenvalue weighted by Gasteiger charge is 2.12. The summed E-state index contributed by atoms with van der Waals surface area (Å²) in [7, 11) is 0. The third-order valence-electron chi connectivity index (χ3n) is 3.40. The van der Waals surface area contributed by atoms with Crippen molar-refractivity contribution in [3.8, 4) is 0 Å². The van der Waals surface area contributed by atoms with Crippen molar-refractivity contribution in [2.24, 2.45) is 0 Å². The van der Waals surface area contributed by atoms with Crippen molar-refractivity contribution < 1.29 is 0 Å². The molecule has 2 N–H and O–H groups in total. The second kappa shape index (κ2) is 6.00. The number of nitrogens with two attached hydrogens (primary N) is 1. The lowest BCUT2D eigenvalue weighted by molar-refractivity contribution is 0.320. The molecule has 1 aliphatic heterocycles. The summed E-state index contributed by atoms with van der Waals surface area (Å²) in [6.45, 7) is 6.80. The van der Waals surface area contributed by atoms with Gasteiger partial charge in [0.1, 0.15) is 0 Å². The smallest absolute Gasteiger partial charge is 0.169 e. The number of nitrogens with zero attached hydrogens (tertiary/aromatic N) is 4. The molecule has 0 saturated carbocycles. The van der Waals surface area contributed by atoms with E-state index >= 15 is 0 Å². The molecular weight excluding hydrogens is 214 g/mol. The standard InChI is InChI=1S/C12H23N5/c1-2-6-11-12(13)14-15-17(11)10-5-9-16-7-3-4-8-16/h2-10,13H2,1H3. The molecule has 17 heavy (non-hydrogen) atoms. The number of hydrogen-bond donors (Lipinski definition) is 1. The van der Waals surface area contributed by atoms with Gasteiger partial charge in [-0.3, -0.25) is 0 Å². The summed E-state index contributed by atoms with van der Waals surface area (Å²) in [5.74, 6) is 0.605. The van der Waals surface area contributed by atoms with Crippen LogP contribution in [0.3, 0.4) is 0 Å². The van der Waals surface area contributed by atoms with Gasteiger partial charge >= 0.3 is 0 Å². The number of nitrogen functional groups attached to an aromatic ring is 1. The van der Waals surface area contributed by atoms with Crippen LogP contribution in [0.5, 0.6) is 0 Å². The number of anilines is 1. The molecule has 0 unspecified atom stereocenters. The van der Waals surface area contributed by atoms with Gasteiger partial charge in [-0.15, -0.1) is 5.10 Å². The summed E-state index contributed by atoms with van der Waals surface area (Å²) >= 11 is 0. The first kappa shape index (κ1) is 12.4. The maximum absolute atomic E-state index is 5.82. The molecule has 5 heteroatoms. The Morgan fingerprint density at radius 1 is 1.24 bits per heavy atom. The van der Waals surface area contributed by atoms with Crippen molar-refractivity contribution in [3.05, 3.63) is 5.69 Å². The van der Waals surface area contributed by atoms with Crippen LogP contribution in [0.2, 0.25) is 0 Å². The molecule has 1 saturated heterocycles. The van der Waals surface area contributed by atoms with E-state index in [0.717, 1.165) is 31.5 Å². The van der Waals surface area contributed by atoms with Gasteiger partial charge in [-0.2, -0.15) is 0 Å². The minimum Gasteiger partial charge on any atom is -0.381 e. The number of aromatic nitrogens is 3. The molecule has 1 aromatic heterocycles. The third kappa shape index (κ3) is 3.19. The fraction of sp³-hybridized carbons (Fsp3) is 0.833. The van der Waals surface area contributed by atoms with E-state index < -0.39 is 0 Å². The SMILES string of the molecule is CCCc1c(N)nnn1CCCN1CCCC1. The Kier molecular flexibility index (Phi) is 4.36. The molecule has 2 heterocycles. The lowest BCUT2D eigenvalue weighted by Gasteiger charge is -2.14. The second-order valence-corrected chi connectivity index (χ2v) is 4.80. The molecule has 0 amide bonds. The van der Waals surface area contributed by atoms with Crippen LogP contribution in [-0.4, -0.2) is 39.5 Å². The largest absolute Gasteiger partial charge is 0.381 e. The van der Waals surface area contributed by atoms with Crippen molar-refractivity contribution >= 4 is 5.82 Å². The normalized spacial score (nSPS) is 16.8. The highest BCUT2D eigenvalue weighted by molar-refractivity contribution is 5.32. The van der Waals surface area contributed by atoms with Gasteiger partial charge in [0.15, 0.2) is 5.82 Å². The molecule has 0 spiro atoms. The predicted octanol–water partition coefficient (Wildman–Crippen LogP) is 1.30. The zero-order valence-corrected chi connectivity index (χ0v) is 10.7. The van der Waals surface area contributed by atoms with Crippen LogP contribution in [0.15, 0.2) is 0 Å². The van der Waals surface area contributed by atoms with Gasteiger partial charge in [0, 0.05) is 6.54 Å². The van der Waals surface area contributed by atoms with Crippen LogP contribution in [0.25, 0.3) is 0 Å². The van der Waals surface area contributed by atoms with Crippen molar-refractivity contribution in [3.63, 3.8) is 0 Å². The zero-order valence-electron chi connectivity index (χ0n) is 10.7. The number of likely N-dealkylation sites (tertiary alicyclic amines) is 1. The van der Waals surface area contributed by atoms with E-state index in [9.17, 15) is 0 Å². The summed E-state index contributed by atoms with van der Waals surface area (Å²) in [5, 5.41) is 8.08. The third-order valence-corrected chi connectivity index (χ3v) is 3.40. The monoisotopic (exact) mass is 237 g/mol. The van der Waals surface area contributed by atoms with Crippen LogP contribution < -0.4 is 5.73 Å². The molecular formula is C12H23N5. The first-order valence-corrected chi connectivity index (χ1v) is 6.71. The Bertz CT molecular complexity index is 341. The quantitative estimate of drug-likeness (QED) is 0.810. The van der Waals surface area contributed by atoms with E-state index in [2.05, 4.69) is 22.1 Å². The minimum atomic E-state index is 0.605. The summed E-state index contributed by atoms with van der Waals surface area (Å²) < 4.78 is 1.98. The summed E-state index contributed by atoms with van der Waals surface area (Å²) in [4.78, 5) is 2.53. The van der Waals surface area contributed by atoms with Crippen molar-refractivity contribution in [1.82, 2.24) is 19.9 Å². The van der Waals surface area contributed by atoms with Crippen molar-refractivity contribution in [1.29, 1.82) is 0 Å². The molecule has 1 fully saturated rings. The Morgan fingerprint density at radius 3 is 2.71 bits per heavy atom. The van der Waals surface area contributed by atoms with Crippen molar-refractivity contribution in [2.45, 2.75) is 45.6 Å². The average Bonchev–Trinajstić information content (AvgIpc) is 2.93. The van der Waals surface area contributed by atoms with Crippen LogP contribution >= 0.6 is 0 Å². The first-order chi connectivity index (χ1) is 8.31. The lowest BCUT2D eigenvalue weighted by Crippen LogP contribution is -2.22. The van der Waals surface area contributed by atoms with Gasteiger partial charge in [0.2, 0.25) is 0 Å². The topological polar surface area (TPSA) is 60.0 Å². The molecule has 0 radical (unpaired) electrons. The van der Waals surface area contributed by atoms with E-state index in [4.69, 9.17) is 5.73 Å². The van der Waals surface area contributed by atoms with E-state index in [-0.39, 0.29) is 0 Å². The van der Waals surface area contributed by atoms with Crippen molar-refractivity contribution in [2.75, 3.05) is 25.4 Å². The van der Waals surface area contributed by atoms with Gasteiger partial charge in [-0.1, -0.05) is 18.6 Å². The summed E-state index contributed by atoms with van der Waals surface area (Å²) in [6.07, 6.45) is 5.92. The molecule has 5 nitrogen and oxygen atoms in total. The van der Waals surface area contributed by atoms with Crippen LogP contribution in [0, 0.1) is 0 Å². The highest BCUT2D eigenvalue weighted by atomic mass is 15.4. The fourth-order valence-corrected chi connectivity index (χ4v) is 2.47. The second-order valence-electron chi connectivity index (χ2n) is 4.80. The zero-order chi connectivity index (χ0) is 12.1. The minimum absolute atomic E-state index is 0.605. The summed E-state index contributed by atoms with van der Waals surface area (Å²) in [5.41, 5.74) is 6.92. The van der Waals surface area contributed by atoms with E-state index in [1.807, 2.05) is 4.68 Å². The van der Waals surface area contributed by atoms with Gasteiger partial charge in [0.25, 0.3) is 0 Å². The average molecular weight is 237 g/mol. The molecule has 0 aliphatic carbocycles. The van der Waals surface area contributed by atoms with Crippen LogP contribution in [0.4, 0.5) is 5.82 Å². The number of rotatable bonds is 6. The Hall–Kier alpha value is -1.10. The molecule has 2 rings (SSSR count). The van der Waals surface area contributed by atoms with E-state index in [1.165, 1.54) is 32.5 Å². The maximum atomic E-state index is 5.82. The van der Waals surface area contributed by atoms with Gasteiger partial charge in [-0.25, -0.2) is 4.68 Å². The Balaban J connectivity index is 1.81. The van der Waals surface area contributed by atoms with Crippen LogP contribution in [0.1, 0.15) is 38.3 Å². The molecule has 1 aliphatic rings. The molecule has 0 bridgehead atoms. The lowest BCUT2D eigenvalue weighted by atomic mass is 10.2. The predicted molar refractivity (Wildman–Crippen MR) is 68.7 cm³/mol. The Labute approximate surface area is 103 Å². The number of hydrogen-bond acceptors (Lipinski definition) is 4. The molecule has 0 atom stereocenters. The Morgan fingerprint density at radius 2 is 2.00 bits per heavy atom. The van der Waals surface area contributed by atoms with Gasteiger partial charge in [0.05, 0.1) is 5.69 Å². The van der Waals surface area contributed by atoms with Crippen LogP contribution in [-0.2, 0) is 13.0 Å². The molecule has 1 aromatic rings.